The quantitative estimate of drug-likeness (QED) is 0.256. The maximum Gasteiger partial charge on any atom is 0.248 e. The molecule has 1 aromatic heterocycles. The molecule has 2 N–H and O–H groups in total. The lowest BCUT2D eigenvalue weighted by atomic mass is 10.1. The summed E-state index contributed by atoms with van der Waals surface area (Å²) in [7, 11) is 3.36. The summed E-state index contributed by atoms with van der Waals surface area (Å²) in [4.78, 5) is 24.2. The molecule has 208 valence electrons. The molecule has 1 atom stereocenters. The van der Waals surface area contributed by atoms with Gasteiger partial charge in [-0.25, -0.2) is 9.97 Å². The molecule has 4 rings (SSSR count). The molecule has 0 spiro atoms. The number of carbonyl (C=O) groups is 1. The van der Waals surface area contributed by atoms with E-state index in [1.54, 1.807) is 26.5 Å². The summed E-state index contributed by atoms with van der Waals surface area (Å²) in [5.41, 5.74) is 2.51. The van der Waals surface area contributed by atoms with Gasteiger partial charge in [-0.3, -0.25) is 9.69 Å². The van der Waals surface area contributed by atoms with Crippen LogP contribution >= 0.6 is 0 Å². The highest BCUT2D eigenvalue weighted by Gasteiger charge is 2.23. The predicted octanol–water partition coefficient (Wildman–Crippen LogP) is 4.68. The normalized spacial score (nSPS) is 14.2. The Bertz CT molecular complexity index is 1220. The molecular formula is C30H39N5O4. The SMILES string of the molecule is COCCN(CC=CC(=O)Nc1cc2cnc(N[C@H](C)c3ccccc3)nc2cc1OCC1CC1)CCOC. The van der Waals surface area contributed by atoms with E-state index in [1.807, 2.05) is 36.4 Å². The van der Waals surface area contributed by atoms with E-state index >= 15 is 0 Å². The minimum absolute atomic E-state index is 0.0551. The van der Waals surface area contributed by atoms with E-state index in [2.05, 4.69) is 39.6 Å². The van der Waals surface area contributed by atoms with Crippen LogP contribution in [0.5, 0.6) is 5.75 Å². The van der Waals surface area contributed by atoms with E-state index in [0.717, 1.165) is 29.6 Å². The van der Waals surface area contributed by atoms with Crippen LogP contribution in [0.15, 0.2) is 60.8 Å². The van der Waals surface area contributed by atoms with Crippen molar-refractivity contribution in [1.29, 1.82) is 0 Å². The van der Waals surface area contributed by atoms with Crippen molar-refractivity contribution in [3.63, 3.8) is 0 Å². The smallest absolute Gasteiger partial charge is 0.248 e. The molecule has 39 heavy (non-hydrogen) atoms. The summed E-state index contributed by atoms with van der Waals surface area (Å²) in [6.45, 7) is 6.08. The zero-order valence-corrected chi connectivity index (χ0v) is 23.1. The fourth-order valence-electron chi connectivity index (χ4n) is 4.08. The fourth-order valence-corrected chi connectivity index (χ4v) is 4.08. The van der Waals surface area contributed by atoms with E-state index in [9.17, 15) is 4.79 Å². The highest BCUT2D eigenvalue weighted by Crippen LogP contribution is 2.34. The molecule has 2 aromatic carbocycles. The molecule has 1 fully saturated rings. The summed E-state index contributed by atoms with van der Waals surface area (Å²) in [6.07, 6.45) is 7.52. The number of rotatable bonds is 16. The van der Waals surface area contributed by atoms with Crippen LogP contribution in [-0.4, -0.2) is 74.4 Å². The molecule has 1 saturated carbocycles. The van der Waals surface area contributed by atoms with Gasteiger partial charge in [0.2, 0.25) is 11.9 Å². The van der Waals surface area contributed by atoms with Crippen molar-refractivity contribution in [2.24, 2.45) is 5.92 Å². The fraction of sp³-hybridized carbons (Fsp3) is 0.433. The van der Waals surface area contributed by atoms with Crippen LogP contribution in [0.2, 0.25) is 0 Å². The Morgan fingerprint density at radius 3 is 2.56 bits per heavy atom. The lowest BCUT2D eigenvalue weighted by Gasteiger charge is -2.19. The molecule has 9 nitrogen and oxygen atoms in total. The maximum absolute atomic E-state index is 12.8. The Labute approximate surface area is 230 Å². The second-order valence-electron chi connectivity index (χ2n) is 9.81. The first-order valence-corrected chi connectivity index (χ1v) is 13.5. The number of amides is 1. The van der Waals surface area contributed by atoms with Gasteiger partial charge in [-0.15, -0.1) is 0 Å². The average molecular weight is 534 g/mol. The number of carbonyl (C=O) groups excluding carboxylic acids is 1. The highest BCUT2D eigenvalue weighted by molar-refractivity contribution is 6.02. The zero-order chi connectivity index (χ0) is 27.5. The van der Waals surface area contributed by atoms with Crippen LogP contribution in [0.25, 0.3) is 10.9 Å². The van der Waals surface area contributed by atoms with Gasteiger partial charge in [0.1, 0.15) is 5.75 Å². The number of nitrogens with one attached hydrogen (secondary N) is 2. The van der Waals surface area contributed by atoms with Crippen LogP contribution in [0.4, 0.5) is 11.6 Å². The van der Waals surface area contributed by atoms with Gasteiger partial charge in [0.05, 0.1) is 37.1 Å². The number of anilines is 2. The molecule has 1 aliphatic rings. The highest BCUT2D eigenvalue weighted by atomic mass is 16.5. The van der Waals surface area contributed by atoms with Crippen molar-refractivity contribution in [3.05, 3.63) is 66.4 Å². The number of aromatic nitrogens is 2. The molecule has 1 amide bonds. The van der Waals surface area contributed by atoms with Crippen molar-refractivity contribution in [1.82, 2.24) is 14.9 Å². The number of hydrogen-bond acceptors (Lipinski definition) is 8. The Morgan fingerprint density at radius 1 is 1.13 bits per heavy atom. The maximum atomic E-state index is 12.8. The first-order chi connectivity index (χ1) is 19.1. The molecule has 0 bridgehead atoms. The monoisotopic (exact) mass is 533 g/mol. The van der Waals surface area contributed by atoms with Crippen molar-refractivity contribution in [3.8, 4) is 5.75 Å². The Morgan fingerprint density at radius 2 is 1.87 bits per heavy atom. The third-order valence-corrected chi connectivity index (χ3v) is 6.61. The lowest BCUT2D eigenvalue weighted by Crippen LogP contribution is -2.31. The van der Waals surface area contributed by atoms with Crippen LogP contribution < -0.4 is 15.4 Å². The van der Waals surface area contributed by atoms with Crippen LogP contribution in [0, 0.1) is 5.92 Å². The minimum Gasteiger partial charge on any atom is -0.491 e. The second kappa shape index (κ2) is 14.6. The molecular weight excluding hydrogens is 494 g/mol. The van der Waals surface area contributed by atoms with Gasteiger partial charge in [0.15, 0.2) is 0 Å². The summed E-state index contributed by atoms with van der Waals surface area (Å²) in [6, 6.07) is 14.0. The largest absolute Gasteiger partial charge is 0.491 e. The Kier molecular flexibility index (Phi) is 10.6. The molecule has 0 saturated heterocycles. The molecule has 0 aliphatic heterocycles. The second-order valence-corrected chi connectivity index (χ2v) is 9.81. The standard InChI is InChI=1S/C30H39N5O4/c1-22(24-8-5-4-6-9-24)32-30-31-20-25-18-27(28(19-26(25)34-30)39-21-23-11-12-23)33-29(36)10-7-13-35(14-16-37-2)15-17-38-3/h4-10,18-20,22-23H,11-17,21H2,1-3H3,(H,33,36)(H,31,32,34)/t22-/m1/s1. The van der Waals surface area contributed by atoms with E-state index in [-0.39, 0.29) is 11.9 Å². The lowest BCUT2D eigenvalue weighted by molar-refractivity contribution is -0.111. The van der Waals surface area contributed by atoms with E-state index in [1.165, 1.54) is 12.8 Å². The summed E-state index contributed by atoms with van der Waals surface area (Å²) in [5.74, 6) is 1.50. The topological polar surface area (TPSA) is 97.8 Å². The predicted molar refractivity (Wildman–Crippen MR) is 154 cm³/mol. The van der Waals surface area contributed by atoms with Gasteiger partial charge in [0.25, 0.3) is 0 Å². The molecule has 1 aliphatic carbocycles. The number of hydrogen-bond donors (Lipinski definition) is 2. The van der Waals surface area contributed by atoms with Gasteiger partial charge in [0, 0.05) is 57.6 Å². The summed E-state index contributed by atoms with van der Waals surface area (Å²) in [5, 5.41) is 7.17. The van der Waals surface area contributed by atoms with Crippen molar-refractivity contribution < 1.29 is 19.0 Å². The summed E-state index contributed by atoms with van der Waals surface area (Å²) >= 11 is 0. The van der Waals surface area contributed by atoms with Gasteiger partial charge >= 0.3 is 0 Å². The average Bonchev–Trinajstić information content (AvgIpc) is 3.78. The number of ether oxygens (including phenoxy) is 3. The molecule has 0 radical (unpaired) electrons. The number of methoxy groups -OCH3 is 2. The third kappa shape index (κ3) is 9.02. The van der Waals surface area contributed by atoms with Crippen molar-refractivity contribution >= 4 is 28.4 Å². The van der Waals surface area contributed by atoms with Crippen LogP contribution in [0.1, 0.15) is 31.4 Å². The molecule has 3 aromatic rings. The van der Waals surface area contributed by atoms with E-state index in [4.69, 9.17) is 19.2 Å². The van der Waals surface area contributed by atoms with E-state index in [0.29, 0.717) is 49.7 Å². The zero-order valence-electron chi connectivity index (χ0n) is 23.1. The van der Waals surface area contributed by atoms with Gasteiger partial charge in [-0.2, -0.15) is 0 Å². The summed E-state index contributed by atoms with van der Waals surface area (Å²) < 4.78 is 16.5. The number of benzene rings is 2. The molecule has 1 heterocycles. The Balaban J connectivity index is 1.46. The van der Waals surface area contributed by atoms with E-state index < -0.39 is 0 Å². The first-order valence-electron chi connectivity index (χ1n) is 13.5. The third-order valence-electron chi connectivity index (χ3n) is 6.61. The molecule has 9 heteroatoms. The van der Waals surface area contributed by atoms with Crippen molar-refractivity contribution in [2.75, 3.05) is 64.3 Å². The Hall–Kier alpha value is -3.53. The molecule has 0 unspecified atom stereocenters. The van der Waals surface area contributed by atoms with Gasteiger partial charge < -0.3 is 24.8 Å². The van der Waals surface area contributed by atoms with Gasteiger partial charge in [-0.1, -0.05) is 36.4 Å². The first kappa shape index (κ1) is 28.5. The number of nitrogens with zero attached hydrogens (tertiary/aromatic N) is 3. The van der Waals surface area contributed by atoms with Crippen molar-refractivity contribution in [2.45, 2.75) is 25.8 Å². The van der Waals surface area contributed by atoms with Crippen LogP contribution in [-0.2, 0) is 14.3 Å². The minimum atomic E-state index is -0.222. The number of fused-ring (bicyclic) bond motifs is 1. The van der Waals surface area contributed by atoms with Crippen LogP contribution in [0.3, 0.4) is 0 Å². The van der Waals surface area contributed by atoms with Gasteiger partial charge in [-0.05, 0) is 37.3 Å².